The van der Waals surface area contributed by atoms with Gasteiger partial charge in [0.15, 0.2) is 0 Å². The van der Waals surface area contributed by atoms with Gasteiger partial charge in [0.2, 0.25) is 0 Å². The van der Waals surface area contributed by atoms with E-state index in [1.165, 1.54) is 18.2 Å². The second-order valence-corrected chi connectivity index (χ2v) is 2.21. The zero-order valence-electron chi connectivity index (χ0n) is 6.21. The molecule has 0 fully saturated rings. The molecule has 1 aromatic carbocycles. The largest absolute Gasteiger partial charge is 0.872 e. The molecule has 64 valence electrons. The lowest BCUT2D eigenvalue weighted by atomic mass is 10.2. The Morgan fingerprint density at radius 3 is 2.25 bits per heavy atom. The van der Waals surface area contributed by atoms with Crippen LogP contribution in [0, 0.1) is 0 Å². The Balaban J connectivity index is 2.71. The van der Waals surface area contributed by atoms with Gasteiger partial charge in [-0.05, 0) is 11.6 Å². The van der Waals surface area contributed by atoms with Gasteiger partial charge < -0.3 is 5.11 Å². The Morgan fingerprint density at radius 1 is 1.17 bits per heavy atom. The molecule has 0 unspecified atom stereocenters. The van der Waals surface area contributed by atoms with Gasteiger partial charge in [0.25, 0.3) is 0 Å². The highest BCUT2D eigenvalue weighted by atomic mass is 16.8. The van der Waals surface area contributed by atoms with Gasteiger partial charge in [-0.25, -0.2) is 0 Å². The van der Waals surface area contributed by atoms with Crippen LogP contribution in [0.4, 0.5) is 0 Å². The Hall–Kier alpha value is -1.52. The van der Waals surface area contributed by atoms with E-state index < -0.39 is 0 Å². The molecule has 0 aliphatic carbocycles. The van der Waals surface area contributed by atoms with Gasteiger partial charge in [0.05, 0.1) is 6.20 Å². The molecule has 0 saturated carbocycles. The molecule has 0 bridgehead atoms. The third-order valence-corrected chi connectivity index (χ3v) is 1.28. The highest BCUT2D eigenvalue weighted by Gasteiger charge is 1.84. The maximum absolute atomic E-state index is 10.6. The van der Waals surface area contributed by atoms with Crippen molar-refractivity contribution in [2.24, 2.45) is 0 Å². The number of nitrogens with zero attached hydrogens (tertiary/aromatic N) is 1. The first-order valence-corrected chi connectivity index (χ1v) is 3.31. The van der Waals surface area contributed by atoms with Crippen molar-refractivity contribution >= 4 is 6.08 Å². The summed E-state index contributed by atoms with van der Waals surface area (Å²) in [5, 5.41) is 27.2. The van der Waals surface area contributed by atoms with E-state index in [9.17, 15) is 5.11 Å². The number of hydrogen-bond donors (Lipinski definition) is 2. The van der Waals surface area contributed by atoms with Crippen molar-refractivity contribution in [1.82, 2.24) is 5.23 Å². The van der Waals surface area contributed by atoms with E-state index in [1.54, 1.807) is 12.1 Å². The summed E-state index contributed by atoms with van der Waals surface area (Å²) in [6, 6.07) is 5.97. The molecule has 0 aliphatic heterocycles. The molecule has 12 heavy (non-hydrogen) atoms. The third-order valence-electron chi connectivity index (χ3n) is 1.28. The minimum absolute atomic E-state index is 0.0505. The topological polar surface area (TPSA) is 66.8 Å². The molecule has 1 rings (SSSR count). The van der Waals surface area contributed by atoms with Gasteiger partial charge >= 0.3 is 0 Å². The molecule has 0 radical (unpaired) electrons. The summed E-state index contributed by atoms with van der Waals surface area (Å²) in [5.41, 5.74) is 0.725. The Morgan fingerprint density at radius 2 is 1.75 bits per heavy atom. The van der Waals surface area contributed by atoms with E-state index in [-0.39, 0.29) is 11.0 Å². The fourth-order valence-electron chi connectivity index (χ4n) is 0.732. The molecular weight excluding hydrogens is 158 g/mol. The first-order valence-electron chi connectivity index (χ1n) is 3.31. The molecule has 0 aliphatic rings. The normalized spacial score (nSPS) is 10.5. The molecule has 0 spiro atoms. The summed E-state index contributed by atoms with van der Waals surface area (Å²) < 4.78 is 0. The number of hydrogen-bond acceptors (Lipinski definition) is 4. The quantitative estimate of drug-likeness (QED) is 0.638. The SMILES string of the molecule is [O-]c1ccc(/C=C/N(O)O)cc1. The van der Waals surface area contributed by atoms with Crippen LogP contribution in [0.5, 0.6) is 5.75 Å². The second kappa shape index (κ2) is 3.75. The molecule has 1 aromatic rings. The van der Waals surface area contributed by atoms with Crippen molar-refractivity contribution < 1.29 is 15.5 Å². The monoisotopic (exact) mass is 166 g/mol. The number of rotatable bonds is 2. The van der Waals surface area contributed by atoms with E-state index in [2.05, 4.69) is 0 Å². The summed E-state index contributed by atoms with van der Waals surface area (Å²) >= 11 is 0. The highest BCUT2D eigenvalue weighted by Crippen LogP contribution is 2.07. The van der Waals surface area contributed by atoms with Crippen LogP contribution in [0.15, 0.2) is 30.5 Å². The Labute approximate surface area is 69.5 Å². The first kappa shape index (κ1) is 8.58. The summed E-state index contributed by atoms with van der Waals surface area (Å²) in [7, 11) is 0. The molecule has 4 nitrogen and oxygen atoms in total. The molecule has 0 aromatic heterocycles. The van der Waals surface area contributed by atoms with Crippen LogP contribution in [0.2, 0.25) is 0 Å². The zero-order chi connectivity index (χ0) is 8.97. The number of hydroxylamine groups is 2. The molecule has 4 heteroatoms. The zero-order valence-corrected chi connectivity index (χ0v) is 6.21. The van der Waals surface area contributed by atoms with Crippen LogP contribution in [0.3, 0.4) is 0 Å². The van der Waals surface area contributed by atoms with Crippen LogP contribution in [-0.2, 0) is 0 Å². The van der Waals surface area contributed by atoms with Crippen molar-refractivity contribution in [2.75, 3.05) is 0 Å². The minimum atomic E-state index is -0.0722. The van der Waals surface area contributed by atoms with Gasteiger partial charge in [0, 0.05) is 0 Å². The van der Waals surface area contributed by atoms with Crippen molar-refractivity contribution in [1.29, 1.82) is 0 Å². The molecule has 0 heterocycles. The lowest BCUT2D eigenvalue weighted by molar-refractivity contribution is -0.268. The van der Waals surface area contributed by atoms with Gasteiger partial charge in [0.1, 0.15) is 0 Å². The van der Waals surface area contributed by atoms with Crippen LogP contribution in [-0.4, -0.2) is 15.6 Å². The lowest BCUT2D eigenvalue weighted by Crippen LogP contribution is -2.02. The van der Waals surface area contributed by atoms with Crippen LogP contribution in [0.1, 0.15) is 5.56 Å². The van der Waals surface area contributed by atoms with Crippen LogP contribution in [0.25, 0.3) is 6.08 Å². The molecular formula is C8H8NO3-. The third kappa shape index (κ3) is 2.61. The highest BCUT2D eigenvalue weighted by molar-refractivity contribution is 5.49. The van der Waals surface area contributed by atoms with Crippen molar-refractivity contribution in [2.45, 2.75) is 0 Å². The molecule has 2 N–H and O–H groups in total. The lowest BCUT2D eigenvalue weighted by Gasteiger charge is -2.03. The van der Waals surface area contributed by atoms with E-state index in [0.717, 1.165) is 11.8 Å². The van der Waals surface area contributed by atoms with E-state index in [0.29, 0.717) is 0 Å². The maximum Gasteiger partial charge on any atom is 0.0588 e. The smallest absolute Gasteiger partial charge is 0.0588 e. The van der Waals surface area contributed by atoms with Gasteiger partial charge in [-0.1, -0.05) is 24.3 Å². The molecule has 0 saturated heterocycles. The van der Waals surface area contributed by atoms with Gasteiger partial charge in [-0.15, -0.1) is 11.0 Å². The molecule has 0 amide bonds. The van der Waals surface area contributed by atoms with Crippen molar-refractivity contribution in [3.8, 4) is 5.75 Å². The average molecular weight is 166 g/mol. The number of benzene rings is 1. The predicted molar refractivity (Wildman–Crippen MR) is 40.3 cm³/mol. The second-order valence-electron chi connectivity index (χ2n) is 2.21. The first-order chi connectivity index (χ1) is 5.68. The van der Waals surface area contributed by atoms with Crippen LogP contribution < -0.4 is 5.11 Å². The fraction of sp³-hybridized carbons (Fsp3) is 0. The van der Waals surface area contributed by atoms with Gasteiger partial charge in [-0.3, -0.25) is 10.4 Å². The fourth-order valence-corrected chi connectivity index (χ4v) is 0.732. The van der Waals surface area contributed by atoms with E-state index in [4.69, 9.17) is 10.4 Å². The maximum atomic E-state index is 10.6. The van der Waals surface area contributed by atoms with Crippen molar-refractivity contribution in [3.05, 3.63) is 36.0 Å². The van der Waals surface area contributed by atoms with E-state index in [1.807, 2.05) is 0 Å². The van der Waals surface area contributed by atoms with E-state index >= 15 is 0 Å². The Bertz CT molecular complexity index is 266. The minimum Gasteiger partial charge on any atom is -0.872 e. The average Bonchev–Trinajstić information content (AvgIpc) is 2.03. The summed E-state index contributed by atoms with van der Waals surface area (Å²) in [4.78, 5) is 0. The van der Waals surface area contributed by atoms with Crippen molar-refractivity contribution in [3.63, 3.8) is 0 Å². The standard InChI is InChI=1S/C8H9NO3/c10-8-3-1-7(2-4-8)5-6-9(11)12/h1-6,10-12H/p-1/b6-5+. The summed E-state index contributed by atoms with van der Waals surface area (Å²) in [6.07, 6.45) is 2.51. The molecule has 0 atom stereocenters. The predicted octanol–water partition coefficient (Wildman–Crippen LogP) is 0.811. The Kier molecular flexibility index (Phi) is 2.68. The summed E-state index contributed by atoms with van der Waals surface area (Å²) in [5.74, 6) is -0.0722. The van der Waals surface area contributed by atoms with Crippen LogP contribution >= 0.6 is 0 Å². The summed E-state index contributed by atoms with van der Waals surface area (Å²) in [6.45, 7) is 0. The van der Waals surface area contributed by atoms with Gasteiger partial charge in [-0.2, -0.15) is 0 Å².